The van der Waals surface area contributed by atoms with Gasteiger partial charge in [-0.3, -0.25) is 18.6 Å². The number of carbonyl (C=O) groups is 1. The monoisotopic (exact) mass is 337 g/mol. The number of fused-ring (bicyclic) bond motifs is 3. The second-order valence-electron chi connectivity index (χ2n) is 5.43. The first-order chi connectivity index (χ1) is 12.1. The SMILES string of the molecule is O=C(Cn1c(=O)c2nncn2c2ccccc21)Nc1ccccc1F. The Morgan fingerprint density at radius 3 is 2.60 bits per heavy atom. The first-order valence-electron chi connectivity index (χ1n) is 7.51. The van der Waals surface area contributed by atoms with E-state index in [9.17, 15) is 14.0 Å². The average Bonchev–Trinajstić information content (AvgIpc) is 3.11. The van der Waals surface area contributed by atoms with Crippen molar-refractivity contribution in [2.24, 2.45) is 0 Å². The summed E-state index contributed by atoms with van der Waals surface area (Å²) in [6, 6.07) is 13.0. The van der Waals surface area contributed by atoms with Gasteiger partial charge < -0.3 is 5.32 Å². The van der Waals surface area contributed by atoms with Crippen LogP contribution in [0.2, 0.25) is 0 Å². The van der Waals surface area contributed by atoms with Gasteiger partial charge >= 0.3 is 0 Å². The molecule has 0 atom stereocenters. The largest absolute Gasteiger partial charge is 0.322 e. The topological polar surface area (TPSA) is 81.3 Å². The number of carbonyl (C=O) groups excluding carboxylic acids is 1. The van der Waals surface area contributed by atoms with Crippen molar-refractivity contribution in [2.75, 3.05) is 5.32 Å². The van der Waals surface area contributed by atoms with Crippen LogP contribution in [0.15, 0.2) is 59.7 Å². The molecule has 0 bridgehead atoms. The van der Waals surface area contributed by atoms with Crippen molar-refractivity contribution >= 4 is 28.3 Å². The maximum Gasteiger partial charge on any atom is 0.297 e. The Hall–Kier alpha value is -3.55. The molecule has 0 saturated carbocycles. The zero-order valence-corrected chi connectivity index (χ0v) is 12.9. The lowest BCUT2D eigenvalue weighted by atomic mass is 10.2. The molecule has 0 radical (unpaired) electrons. The molecule has 0 saturated heterocycles. The number of anilines is 1. The molecule has 0 spiro atoms. The van der Waals surface area contributed by atoms with E-state index in [0.29, 0.717) is 11.0 Å². The normalized spacial score (nSPS) is 11.1. The summed E-state index contributed by atoms with van der Waals surface area (Å²) in [4.78, 5) is 25.0. The molecule has 2 aromatic heterocycles. The fraction of sp³-hybridized carbons (Fsp3) is 0.0588. The molecule has 0 fully saturated rings. The van der Waals surface area contributed by atoms with Crippen LogP contribution in [0.1, 0.15) is 0 Å². The molecule has 2 heterocycles. The van der Waals surface area contributed by atoms with E-state index in [4.69, 9.17) is 0 Å². The summed E-state index contributed by atoms with van der Waals surface area (Å²) in [7, 11) is 0. The first-order valence-corrected chi connectivity index (χ1v) is 7.51. The number of para-hydroxylation sites is 3. The number of amides is 1. The maximum atomic E-state index is 13.7. The van der Waals surface area contributed by atoms with Gasteiger partial charge in [-0.15, -0.1) is 10.2 Å². The van der Waals surface area contributed by atoms with Crippen molar-refractivity contribution in [3.63, 3.8) is 0 Å². The Bertz CT molecular complexity index is 1160. The van der Waals surface area contributed by atoms with Crippen molar-refractivity contribution in [3.05, 3.63) is 71.0 Å². The molecule has 0 aliphatic carbocycles. The number of rotatable bonds is 3. The zero-order valence-electron chi connectivity index (χ0n) is 12.9. The molecule has 7 nitrogen and oxygen atoms in total. The Kier molecular flexibility index (Phi) is 3.50. The minimum atomic E-state index is -0.541. The van der Waals surface area contributed by atoms with Crippen LogP contribution in [-0.2, 0) is 11.3 Å². The van der Waals surface area contributed by atoms with Crippen LogP contribution < -0.4 is 10.9 Å². The number of nitrogens with zero attached hydrogens (tertiary/aromatic N) is 4. The van der Waals surface area contributed by atoms with Gasteiger partial charge in [-0.2, -0.15) is 0 Å². The van der Waals surface area contributed by atoms with Crippen LogP contribution in [0.25, 0.3) is 16.7 Å². The molecule has 124 valence electrons. The van der Waals surface area contributed by atoms with Gasteiger partial charge in [0.05, 0.1) is 16.7 Å². The summed E-state index contributed by atoms with van der Waals surface area (Å²) in [5, 5.41) is 10.1. The van der Waals surface area contributed by atoms with Crippen LogP contribution in [0.5, 0.6) is 0 Å². The van der Waals surface area contributed by atoms with Crippen molar-refractivity contribution in [3.8, 4) is 0 Å². The standard InChI is InChI=1S/C17H12FN5O2/c18-11-5-1-2-6-12(11)20-15(24)9-22-13-7-3-4-8-14(13)23-10-19-21-16(23)17(22)25/h1-8,10H,9H2,(H,20,24). The van der Waals surface area contributed by atoms with Gasteiger partial charge in [0.2, 0.25) is 11.6 Å². The van der Waals surface area contributed by atoms with E-state index in [0.717, 1.165) is 0 Å². The number of benzene rings is 2. The number of halogens is 1. The number of hydrogen-bond donors (Lipinski definition) is 1. The van der Waals surface area contributed by atoms with E-state index in [1.54, 1.807) is 28.7 Å². The van der Waals surface area contributed by atoms with Gasteiger partial charge in [0.25, 0.3) is 5.56 Å². The molecule has 0 unspecified atom stereocenters. The smallest absolute Gasteiger partial charge is 0.297 e. The Balaban J connectivity index is 1.78. The lowest BCUT2D eigenvalue weighted by molar-refractivity contribution is -0.116. The fourth-order valence-electron chi connectivity index (χ4n) is 2.74. The van der Waals surface area contributed by atoms with Gasteiger partial charge in [0, 0.05) is 0 Å². The summed E-state index contributed by atoms with van der Waals surface area (Å²) in [6.45, 7) is -0.267. The molecule has 4 aromatic rings. The molecule has 25 heavy (non-hydrogen) atoms. The van der Waals surface area contributed by atoms with Gasteiger partial charge in [-0.25, -0.2) is 4.39 Å². The summed E-state index contributed by atoms with van der Waals surface area (Å²) >= 11 is 0. The van der Waals surface area contributed by atoms with E-state index < -0.39 is 17.3 Å². The van der Waals surface area contributed by atoms with Gasteiger partial charge in [-0.1, -0.05) is 24.3 Å². The molecule has 1 N–H and O–H groups in total. The van der Waals surface area contributed by atoms with Crippen LogP contribution in [-0.4, -0.2) is 25.1 Å². The minimum Gasteiger partial charge on any atom is -0.322 e. The quantitative estimate of drug-likeness (QED) is 0.618. The summed E-state index contributed by atoms with van der Waals surface area (Å²) in [5.41, 5.74) is 0.995. The van der Waals surface area contributed by atoms with Gasteiger partial charge in [0.15, 0.2) is 0 Å². The van der Waals surface area contributed by atoms with E-state index in [1.807, 2.05) is 6.07 Å². The Morgan fingerprint density at radius 1 is 1.08 bits per heavy atom. The second-order valence-corrected chi connectivity index (χ2v) is 5.43. The van der Waals surface area contributed by atoms with E-state index in [-0.39, 0.29) is 17.9 Å². The molecule has 4 rings (SSSR count). The lowest BCUT2D eigenvalue weighted by Crippen LogP contribution is -2.29. The highest BCUT2D eigenvalue weighted by Gasteiger charge is 2.15. The second kappa shape index (κ2) is 5.82. The predicted molar refractivity (Wildman–Crippen MR) is 89.8 cm³/mol. The third-order valence-corrected chi connectivity index (χ3v) is 3.87. The third-order valence-electron chi connectivity index (χ3n) is 3.87. The molecule has 1 amide bonds. The number of aromatic nitrogens is 4. The third kappa shape index (κ3) is 2.53. The van der Waals surface area contributed by atoms with Gasteiger partial charge in [-0.05, 0) is 24.3 Å². The lowest BCUT2D eigenvalue weighted by Gasteiger charge is -2.12. The molecule has 0 aliphatic rings. The first kappa shape index (κ1) is 15.0. The summed E-state index contributed by atoms with van der Waals surface area (Å²) in [6.07, 6.45) is 1.45. The van der Waals surface area contributed by atoms with Crippen molar-refractivity contribution < 1.29 is 9.18 Å². The molecular weight excluding hydrogens is 325 g/mol. The molecule has 0 aliphatic heterocycles. The predicted octanol–water partition coefficient (Wildman–Crippen LogP) is 1.82. The van der Waals surface area contributed by atoms with Crippen LogP contribution in [0, 0.1) is 5.82 Å². The number of hydrogen-bond acceptors (Lipinski definition) is 4. The zero-order chi connectivity index (χ0) is 17.4. The highest BCUT2D eigenvalue weighted by molar-refractivity contribution is 5.91. The fourth-order valence-corrected chi connectivity index (χ4v) is 2.74. The van der Waals surface area contributed by atoms with Gasteiger partial charge in [0.1, 0.15) is 18.7 Å². The summed E-state index contributed by atoms with van der Waals surface area (Å²) < 4.78 is 16.6. The van der Waals surface area contributed by atoms with E-state index in [1.165, 1.54) is 29.1 Å². The maximum absolute atomic E-state index is 13.7. The number of nitrogens with one attached hydrogen (secondary N) is 1. The van der Waals surface area contributed by atoms with Crippen LogP contribution in [0.4, 0.5) is 10.1 Å². The van der Waals surface area contributed by atoms with Crippen molar-refractivity contribution in [1.29, 1.82) is 0 Å². The molecule has 2 aromatic carbocycles. The molecule has 8 heteroatoms. The van der Waals surface area contributed by atoms with E-state index in [2.05, 4.69) is 15.5 Å². The van der Waals surface area contributed by atoms with Crippen molar-refractivity contribution in [2.45, 2.75) is 6.54 Å². The Morgan fingerprint density at radius 2 is 1.80 bits per heavy atom. The van der Waals surface area contributed by atoms with Crippen molar-refractivity contribution in [1.82, 2.24) is 19.2 Å². The molecular formula is C17H12FN5O2. The van der Waals surface area contributed by atoms with Crippen LogP contribution in [0.3, 0.4) is 0 Å². The average molecular weight is 337 g/mol. The summed E-state index contributed by atoms with van der Waals surface area (Å²) in [5.74, 6) is -1.05. The highest BCUT2D eigenvalue weighted by atomic mass is 19.1. The van der Waals surface area contributed by atoms with Crippen LogP contribution >= 0.6 is 0 Å². The Labute approximate surface area is 140 Å². The van der Waals surface area contributed by atoms with E-state index >= 15 is 0 Å². The minimum absolute atomic E-state index is 0.0633. The highest BCUT2D eigenvalue weighted by Crippen LogP contribution is 2.15.